The highest BCUT2D eigenvalue weighted by Gasteiger charge is 2.26. The first-order valence-corrected chi connectivity index (χ1v) is 6.43. The number of rotatable bonds is 4. The van der Waals surface area contributed by atoms with E-state index in [1.165, 1.54) is 6.20 Å². The van der Waals surface area contributed by atoms with Gasteiger partial charge in [0.25, 0.3) is 5.91 Å². The normalized spacial score (nSPS) is 19.4. The van der Waals surface area contributed by atoms with E-state index in [0.29, 0.717) is 12.2 Å². The fraction of sp³-hybridized carbons (Fsp3) is 0.583. The lowest BCUT2D eigenvalue weighted by Crippen LogP contribution is -2.42. The summed E-state index contributed by atoms with van der Waals surface area (Å²) in [5.74, 6) is 0.0368. The van der Waals surface area contributed by atoms with Crippen LogP contribution in [0, 0.1) is 0 Å². The molecule has 1 saturated heterocycles. The molecule has 0 saturated carbocycles. The van der Waals surface area contributed by atoms with Gasteiger partial charge >= 0.3 is 0 Å². The van der Waals surface area contributed by atoms with E-state index in [4.69, 9.17) is 16.6 Å². The molecule has 1 aliphatic heterocycles. The SMILES string of the molecule is NC(=O)c1cnc(N)nc1N1CCCCC1CCO. The van der Waals surface area contributed by atoms with Crippen LogP contribution >= 0.6 is 0 Å². The fourth-order valence-electron chi connectivity index (χ4n) is 2.51. The van der Waals surface area contributed by atoms with Crippen molar-refractivity contribution in [1.82, 2.24) is 9.97 Å². The number of aliphatic hydroxyl groups excluding tert-OH is 1. The van der Waals surface area contributed by atoms with Gasteiger partial charge in [0.2, 0.25) is 5.95 Å². The predicted octanol–water partition coefficient (Wildman–Crippen LogP) is -0.101. The quantitative estimate of drug-likeness (QED) is 0.699. The summed E-state index contributed by atoms with van der Waals surface area (Å²) in [6.07, 6.45) is 5.09. The summed E-state index contributed by atoms with van der Waals surface area (Å²) in [6, 6.07) is 0.158. The van der Waals surface area contributed by atoms with E-state index in [0.717, 1.165) is 25.8 Å². The summed E-state index contributed by atoms with van der Waals surface area (Å²) in [4.78, 5) is 21.5. The molecule has 0 spiro atoms. The molecule has 7 nitrogen and oxygen atoms in total. The molecule has 1 aliphatic rings. The standard InChI is InChI=1S/C12H19N5O2/c13-10(19)9-7-15-12(14)16-11(9)17-5-2-1-3-8(17)4-6-18/h7-8,18H,1-6H2,(H2,13,19)(H2,14,15,16). The van der Waals surface area contributed by atoms with Crippen molar-refractivity contribution >= 4 is 17.7 Å². The molecule has 0 aliphatic carbocycles. The first-order chi connectivity index (χ1) is 9.13. The van der Waals surface area contributed by atoms with Crippen molar-refractivity contribution in [3.63, 3.8) is 0 Å². The van der Waals surface area contributed by atoms with E-state index < -0.39 is 5.91 Å². The number of anilines is 2. The Morgan fingerprint density at radius 1 is 1.53 bits per heavy atom. The number of nitrogen functional groups attached to an aromatic ring is 1. The highest BCUT2D eigenvalue weighted by molar-refractivity contribution is 5.97. The van der Waals surface area contributed by atoms with Crippen LogP contribution in [0.5, 0.6) is 0 Å². The molecule has 1 aromatic rings. The van der Waals surface area contributed by atoms with Crippen LogP contribution in [0.2, 0.25) is 0 Å². The predicted molar refractivity (Wildman–Crippen MR) is 71.7 cm³/mol. The Labute approximate surface area is 111 Å². The van der Waals surface area contributed by atoms with Gasteiger partial charge in [0.1, 0.15) is 11.4 Å². The largest absolute Gasteiger partial charge is 0.396 e. The molecule has 1 aromatic heterocycles. The van der Waals surface area contributed by atoms with Gasteiger partial charge in [-0.15, -0.1) is 0 Å². The van der Waals surface area contributed by atoms with E-state index in [2.05, 4.69) is 9.97 Å². The molecule has 2 rings (SSSR count). The number of aliphatic hydroxyl groups is 1. The van der Waals surface area contributed by atoms with Crippen molar-refractivity contribution in [2.45, 2.75) is 31.7 Å². The second-order valence-corrected chi connectivity index (χ2v) is 4.69. The van der Waals surface area contributed by atoms with Gasteiger partial charge in [-0.3, -0.25) is 4.79 Å². The Balaban J connectivity index is 2.37. The smallest absolute Gasteiger partial charge is 0.254 e. The monoisotopic (exact) mass is 265 g/mol. The molecule has 1 atom stereocenters. The highest BCUT2D eigenvalue weighted by atomic mass is 16.3. The van der Waals surface area contributed by atoms with E-state index in [9.17, 15) is 4.79 Å². The van der Waals surface area contributed by atoms with Gasteiger partial charge in [-0.25, -0.2) is 4.98 Å². The number of hydrogen-bond donors (Lipinski definition) is 3. The molecule has 0 radical (unpaired) electrons. The first-order valence-electron chi connectivity index (χ1n) is 6.43. The Hall–Kier alpha value is -1.89. The fourth-order valence-corrected chi connectivity index (χ4v) is 2.51. The maximum atomic E-state index is 11.5. The third-order valence-corrected chi connectivity index (χ3v) is 3.41. The zero-order valence-electron chi connectivity index (χ0n) is 10.7. The van der Waals surface area contributed by atoms with Crippen LogP contribution < -0.4 is 16.4 Å². The van der Waals surface area contributed by atoms with Crippen molar-refractivity contribution in [2.24, 2.45) is 5.73 Å². The van der Waals surface area contributed by atoms with Gasteiger partial charge in [-0.2, -0.15) is 4.98 Å². The molecule has 0 aromatic carbocycles. The Morgan fingerprint density at radius 3 is 3.00 bits per heavy atom. The molecular formula is C12H19N5O2. The average Bonchev–Trinajstić information content (AvgIpc) is 2.39. The molecule has 7 heteroatoms. The topological polar surface area (TPSA) is 118 Å². The van der Waals surface area contributed by atoms with Crippen molar-refractivity contribution in [1.29, 1.82) is 0 Å². The third kappa shape index (κ3) is 2.93. The molecule has 1 unspecified atom stereocenters. The van der Waals surface area contributed by atoms with Crippen LogP contribution in [0.25, 0.3) is 0 Å². The number of nitrogens with two attached hydrogens (primary N) is 2. The van der Waals surface area contributed by atoms with Crippen LogP contribution in [0.15, 0.2) is 6.20 Å². The summed E-state index contributed by atoms with van der Waals surface area (Å²) in [5, 5.41) is 9.14. The lowest BCUT2D eigenvalue weighted by Gasteiger charge is -2.37. The van der Waals surface area contributed by atoms with Crippen LogP contribution in [-0.4, -0.2) is 40.2 Å². The van der Waals surface area contributed by atoms with E-state index in [1.807, 2.05) is 4.90 Å². The number of nitrogens with zero attached hydrogens (tertiary/aromatic N) is 3. The van der Waals surface area contributed by atoms with Gasteiger partial charge in [0.05, 0.1) is 0 Å². The van der Waals surface area contributed by atoms with E-state index >= 15 is 0 Å². The first kappa shape index (κ1) is 13.5. The minimum absolute atomic E-state index is 0.105. The summed E-state index contributed by atoms with van der Waals surface area (Å²) in [6.45, 7) is 0.884. The zero-order valence-corrected chi connectivity index (χ0v) is 10.7. The van der Waals surface area contributed by atoms with Crippen molar-refractivity contribution in [2.75, 3.05) is 23.8 Å². The molecule has 0 bridgehead atoms. The number of primary amides is 1. The molecule has 1 fully saturated rings. The van der Waals surface area contributed by atoms with Crippen LogP contribution in [-0.2, 0) is 0 Å². The molecule has 2 heterocycles. The van der Waals surface area contributed by atoms with Crippen molar-refractivity contribution in [3.8, 4) is 0 Å². The minimum atomic E-state index is -0.566. The average molecular weight is 265 g/mol. The maximum Gasteiger partial charge on any atom is 0.254 e. The van der Waals surface area contributed by atoms with Gasteiger partial charge in [0, 0.05) is 25.4 Å². The lowest BCUT2D eigenvalue weighted by molar-refractivity contribution is 0.1000. The van der Waals surface area contributed by atoms with E-state index in [-0.39, 0.29) is 24.2 Å². The second kappa shape index (κ2) is 5.83. The number of amides is 1. The zero-order chi connectivity index (χ0) is 13.8. The highest BCUT2D eigenvalue weighted by Crippen LogP contribution is 2.27. The molecule has 5 N–H and O–H groups in total. The Morgan fingerprint density at radius 2 is 2.32 bits per heavy atom. The maximum absolute atomic E-state index is 11.5. The Bertz CT molecular complexity index is 463. The summed E-state index contributed by atoms with van der Waals surface area (Å²) < 4.78 is 0. The number of hydrogen-bond acceptors (Lipinski definition) is 6. The summed E-state index contributed by atoms with van der Waals surface area (Å²) in [5.41, 5.74) is 11.2. The minimum Gasteiger partial charge on any atom is -0.396 e. The molecule has 104 valence electrons. The molecular weight excluding hydrogens is 246 g/mol. The Kier molecular flexibility index (Phi) is 4.16. The van der Waals surface area contributed by atoms with Gasteiger partial charge < -0.3 is 21.5 Å². The molecule has 19 heavy (non-hydrogen) atoms. The summed E-state index contributed by atoms with van der Waals surface area (Å²) in [7, 11) is 0. The van der Waals surface area contributed by atoms with Crippen molar-refractivity contribution in [3.05, 3.63) is 11.8 Å². The van der Waals surface area contributed by atoms with Gasteiger partial charge in [0.15, 0.2) is 0 Å². The number of carbonyl (C=O) groups is 1. The lowest BCUT2D eigenvalue weighted by atomic mass is 9.99. The van der Waals surface area contributed by atoms with E-state index in [1.54, 1.807) is 0 Å². The number of piperidine rings is 1. The number of aromatic nitrogens is 2. The number of carbonyl (C=O) groups excluding carboxylic acids is 1. The van der Waals surface area contributed by atoms with Gasteiger partial charge in [-0.05, 0) is 25.7 Å². The van der Waals surface area contributed by atoms with Crippen molar-refractivity contribution < 1.29 is 9.90 Å². The van der Waals surface area contributed by atoms with Gasteiger partial charge in [-0.1, -0.05) is 0 Å². The van der Waals surface area contributed by atoms with Crippen LogP contribution in [0.1, 0.15) is 36.0 Å². The van der Waals surface area contributed by atoms with Crippen LogP contribution in [0.3, 0.4) is 0 Å². The second-order valence-electron chi connectivity index (χ2n) is 4.69. The third-order valence-electron chi connectivity index (χ3n) is 3.41. The van der Waals surface area contributed by atoms with Crippen LogP contribution in [0.4, 0.5) is 11.8 Å². The summed E-state index contributed by atoms with van der Waals surface area (Å²) >= 11 is 0. The molecule has 1 amide bonds.